The fourth-order valence-electron chi connectivity index (χ4n) is 2.80. The number of nitrogens with one attached hydrogen (secondary N) is 1. The number of benzene rings is 1. The van der Waals surface area contributed by atoms with Crippen molar-refractivity contribution in [1.29, 1.82) is 0 Å². The summed E-state index contributed by atoms with van der Waals surface area (Å²) in [5.74, 6) is -0.843. The highest BCUT2D eigenvalue weighted by molar-refractivity contribution is 6.07. The first kappa shape index (κ1) is 15.4. The number of fused-ring (bicyclic) bond motifs is 1. The highest BCUT2D eigenvalue weighted by atomic mass is 19.1. The third kappa shape index (κ3) is 2.63. The van der Waals surface area contributed by atoms with E-state index in [0.29, 0.717) is 16.5 Å². The van der Waals surface area contributed by atoms with Gasteiger partial charge in [0.25, 0.3) is 5.91 Å². The average Bonchev–Trinajstić information content (AvgIpc) is 2.71. The lowest BCUT2D eigenvalue weighted by Crippen LogP contribution is -2.47. The van der Waals surface area contributed by atoms with Crippen LogP contribution in [-0.4, -0.2) is 41.1 Å². The van der Waals surface area contributed by atoms with Gasteiger partial charge in [-0.3, -0.25) is 14.7 Å². The van der Waals surface area contributed by atoms with E-state index in [1.54, 1.807) is 25.3 Å². The number of urea groups is 1. The Kier molecular flexibility index (Phi) is 3.73. The van der Waals surface area contributed by atoms with Crippen LogP contribution >= 0.6 is 0 Å². The van der Waals surface area contributed by atoms with Crippen molar-refractivity contribution >= 4 is 22.8 Å². The molecule has 23 heavy (non-hydrogen) atoms. The minimum absolute atomic E-state index is 0.0464. The van der Waals surface area contributed by atoms with Crippen molar-refractivity contribution < 1.29 is 18.7 Å². The molecule has 3 amide bonds. The number of carbonyl (C=O) groups excluding carboxylic acids is 2. The molecule has 1 aliphatic heterocycles. The smallest absolute Gasteiger partial charge is 0.325 e. The van der Waals surface area contributed by atoms with E-state index in [2.05, 4.69) is 10.3 Å². The number of halogens is 1. The summed E-state index contributed by atoms with van der Waals surface area (Å²) in [5.41, 5.74) is -0.0665. The summed E-state index contributed by atoms with van der Waals surface area (Å²) >= 11 is 0. The number of methoxy groups -OCH3 is 1. The molecule has 0 bridgehead atoms. The van der Waals surface area contributed by atoms with Gasteiger partial charge in [-0.1, -0.05) is 6.07 Å². The molecule has 3 rings (SSSR count). The first-order chi connectivity index (χ1) is 10.9. The summed E-state index contributed by atoms with van der Waals surface area (Å²) in [5, 5.41) is 3.23. The number of ether oxygens (including phenoxy) is 1. The quantitative estimate of drug-likeness (QED) is 0.873. The van der Waals surface area contributed by atoms with Crippen molar-refractivity contribution in [3.8, 4) is 0 Å². The Morgan fingerprint density at radius 1 is 1.39 bits per heavy atom. The van der Waals surface area contributed by atoms with Crippen molar-refractivity contribution in [3.63, 3.8) is 0 Å². The van der Waals surface area contributed by atoms with Gasteiger partial charge in [-0.2, -0.15) is 0 Å². The maximum absolute atomic E-state index is 13.8. The average molecular weight is 317 g/mol. The van der Waals surface area contributed by atoms with E-state index in [1.807, 2.05) is 0 Å². The number of pyridine rings is 1. The summed E-state index contributed by atoms with van der Waals surface area (Å²) in [6, 6.07) is 5.57. The van der Waals surface area contributed by atoms with Crippen molar-refractivity contribution in [2.75, 3.05) is 13.7 Å². The lowest BCUT2D eigenvalue weighted by atomic mass is 10.0. The van der Waals surface area contributed by atoms with Gasteiger partial charge >= 0.3 is 6.03 Å². The standard InChI is InChI=1S/C16H16FN3O3/c1-16(9-23-2)14(21)20(15(22)19-16)8-11-7-12(17)6-10-4-3-5-18-13(10)11/h3-7H,8-9H2,1-2H3,(H,19,22). The van der Waals surface area contributed by atoms with E-state index in [4.69, 9.17) is 4.74 Å². The lowest BCUT2D eigenvalue weighted by Gasteiger charge is -2.20. The minimum Gasteiger partial charge on any atom is -0.382 e. The van der Waals surface area contributed by atoms with Crippen molar-refractivity contribution in [2.24, 2.45) is 0 Å². The lowest BCUT2D eigenvalue weighted by molar-refractivity contribution is -0.132. The number of carbonyl (C=O) groups is 2. The van der Waals surface area contributed by atoms with E-state index in [0.717, 1.165) is 4.90 Å². The molecular formula is C16H16FN3O3. The number of hydrogen-bond donors (Lipinski definition) is 1. The molecule has 1 N–H and O–H groups in total. The summed E-state index contributed by atoms with van der Waals surface area (Å²) in [6.07, 6.45) is 1.59. The molecule has 1 unspecified atom stereocenters. The topological polar surface area (TPSA) is 71.5 Å². The van der Waals surface area contributed by atoms with Gasteiger partial charge in [0, 0.05) is 24.3 Å². The normalized spacial score (nSPS) is 21.1. The molecule has 0 aliphatic carbocycles. The van der Waals surface area contributed by atoms with E-state index >= 15 is 0 Å². The van der Waals surface area contributed by atoms with Crippen LogP contribution in [0.3, 0.4) is 0 Å². The second-order valence-corrected chi connectivity index (χ2v) is 5.73. The van der Waals surface area contributed by atoms with Gasteiger partial charge in [-0.15, -0.1) is 0 Å². The summed E-state index contributed by atoms with van der Waals surface area (Å²) in [6.45, 7) is 1.62. The van der Waals surface area contributed by atoms with Crippen LogP contribution in [0.1, 0.15) is 12.5 Å². The zero-order valence-electron chi connectivity index (χ0n) is 12.8. The maximum atomic E-state index is 13.8. The van der Waals surface area contributed by atoms with E-state index in [9.17, 15) is 14.0 Å². The third-order valence-electron chi connectivity index (χ3n) is 3.86. The molecule has 120 valence electrons. The molecule has 0 saturated carbocycles. The first-order valence-electron chi connectivity index (χ1n) is 7.11. The molecule has 1 fully saturated rings. The summed E-state index contributed by atoms with van der Waals surface area (Å²) < 4.78 is 18.8. The summed E-state index contributed by atoms with van der Waals surface area (Å²) in [7, 11) is 1.46. The Morgan fingerprint density at radius 2 is 2.17 bits per heavy atom. The van der Waals surface area contributed by atoms with Crippen molar-refractivity contribution in [2.45, 2.75) is 19.0 Å². The predicted molar refractivity (Wildman–Crippen MR) is 81.1 cm³/mol. The van der Waals surface area contributed by atoms with Crippen molar-refractivity contribution in [3.05, 3.63) is 41.8 Å². The van der Waals surface area contributed by atoms with Crippen LogP contribution in [0, 0.1) is 5.82 Å². The molecule has 1 aliphatic rings. The second-order valence-electron chi connectivity index (χ2n) is 5.73. The van der Waals surface area contributed by atoms with Gasteiger partial charge in [0.05, 0.1) is 18.7 Å². The van der Waals surface area contributed by atoms with Crippen LogP contribution in [-0.2, 0) is 16.1 Å². The zero-order chi connectivity index (χ0) is 16.6. The Hall–Kier alpha value is -2.54. The number of imide groups is 1. The number of aromatic nitrogens is 1. The van der Waals surface area contributed by atoms with Gasteiger partial charge < -0.3 is 10.1 Å². The fraction of sp³-hybridized carbons (Fsp3) is 0.312. The molecule has 1 saturated heterocycles. The Balaban J connectivity index is 1.96. The van der Waals surface area contributed by atoms with Crippen LogP contribution < -0.4 is 5.32 Å². The van der Waals surface area contributed by atoms with Gasteiger partial charge in [-0.05, 0) is 25.1 Å². The Morgan fingerprint density at radius 3 is 2.91 bits per heavy atom. The molecule has 6 nitrogen and oxygen atoms in total. The van der Waals surface area contributed by atoms with Crippen LogP contribution in [0.2, 0.25) is 0 Å². The third-order valence-corrected chi connectivity index (χ3v) is 3.86. The molecule has 2 heterocycles. The molecule has 1 aromatic carbocycles. The Labute approximate surface area is 132 Å². The Bertz CT molecular complexity index is 795. The van der Waals surface area contributed by atoms with E-state index < -0.39 is 23.3 Å². The predicted octanol–water partition coefficient (Wildman–Crippen LogP) is 1.83. The number of amides is 3. The fourth-order valence-corrected chi connectivity index (χ4v) is 2.80. The van der Waals surface area contributed by atoms with Crippen LogP contribution in [0.15, 0.2) is 30.5 Å². The van der Waals surface area contributed by atoms with Crippen LogP contribution in [0.4, 0.5) is 9.18 Å². The molecule has 1 atom stereocenters. The highest BCUT2D eigenvalue weighted by Gasteiger charge is 2.47. The van der Waals surface area contributed by atoms with Gasteiger partial charge in [0.2, 0.25) is 0 Å². The molecule has 0 spiro atoms. The molecule has 7 heteroatoms. The molecular weight excluding hydrogens is 301 g/mol. The minimum atomic E-state index is -1.11. The highest BCUT2D eigenvalue weighted by Crippen LogP contribution is 2.24. The summed E-state index contributed by atoms with van der Waals surface area (Å²) in [4.78, 5) is 29.9. The van der Waals surface area contributed by atoms with Gasteiger partial charge in [-0.25, -0.2) is 9.18 Å². The first-order valence-corrected chi connectivity index (χ1v) is 7.11. The number of nitrogens with zero attached hydrogens (tertiary/aromatic N) is 2. The number of hydrogen-bond acceptors (Lipinski definition) is 4. The largest absolute Gasteiger partial charge is 0.382 e. The molecule has 0 radical (unpaired) electrons. The monoisotopic (exact) mass is 317 g/mol. The zero-order valence-corrected chi connectivity index (χ0v) is 12.8. The molecule has 2 aromatic rings. The number of rotatable bonds is 4. The van der Waals surface area contributed by atoms with E-state index in [1.165, 1.54) is 19.2 Å². The SMILES string of the molecule is COCC1(C)NC(=O)N(Cc2cc(F)cc3cccnc23)C1=O. The van der Waals surface area contributed by atoms with Crippen molar-refractivity contribution in [1.82, 2.24) is 15.2 Å². The molecule has 1 aromatic heterocycles. The second kappa shape index (κ2) is 5.58. The van der Waals surface area contributed by atoms with Gasteiger partial charge in [0.15, 0.2) is 0 Å². The maximum Gasteiger partial charge on any atom is 0.325 e. The van der Waals surface area contributed by atoms with Crippen LogP contribution in [0.5, 0.6) is 0 Å². The van der Waals surface area contributed by atoms with E-state index in [-0.39, 0.29) is 13.2 Å². The van der Waals surface area contributed by atoms with Gasteiger partial charge in [0.1, 0.15) is 11.4 Å². The van der Waals surface area contributed by atoms with Crippen LogP contribution in [0.25, 0.3) is 10.9 Å².